The Hall–Kier alpha value is -3.32. The predicted molar refractivity (Wildman–Crippen MR) is 124 cm³/mol. The van der Waals surface area contributed by atoms with Crippen LogP contribution in [0.1, 0.15) is 42.9 Å². The Bertz CT molecular complexity index is 1240. The Morgan fingerprint density at radius 2 is 1.85 bits per heavy atom. The summed E-state index contributed by atoms with van der Waals surface area (Å²) in [5, 5.41) is 3.49. The summed E-state index contributed by atoms with van der Waals surface area (Å²) in [7, 11) is 0. The van der Waals surface area contributed by atoms with E-state index in [-0.39, 0.29) is 29.4 Å². The van der Waals surface area contributed by atoms with Crippen molar-refractivity contribution in [2.24, 2.45) is 0 Å². The second kappa shape index (κ2) is 10.1. The Morgan fingerprint density at radius 3 is 2.58 bits per heavy atom. The lowest BCUT2D eigenvalue weighted by Crippen LogP contribution is -2.42. The maximum Gasteiger partial charge on any atom is 0.408 e. The van der Waals surface area contributed by atoms with E-state index in [0.29, 0.717) is 17.6 Å². The number of carbonyl (C=O) groups excluding carboxylic acids is 2. The molecular formula is C25H24ClNO6. The lowest BCUT2D eigenvalue weighted by atomic mass is 9.91. The minimum absolute atomic E-state index is 0.0611. The Balaban J connectivity index is 1.47. The normalized spacial score (nSPS) is 13.8. The average molecular weight is 470 g/mol. The number of aryl methyl sites for hydroxylation is 1. The molecule has 8 heteroatoms. The summed E-state index contributed by atoms with van der Waals surface area (Å²) in [5.74, 6) is -0.637. The molecule has 1 heterocycles. The van der Waals surface area contributed by atoms with E-state index in [1.165, 1.54) is 6.07 Å². The summed E-state index contributed by atoms with van der Waals surface area (Å²) in [4.78, 5) is 37.2. The molecule has 1 aliphatic carbocycles. The van der Waals surface area contributed by atoms with Crippen molar-refractivity contribution in [1.29, 1.82) is 0 Å². The van der Waals surface area contributed by atoms with Gasteiger partial charge >= 0.3 is 17.7 Å². The van der Waals surface area contributed by atoms with Gasteiger partial charge in [-0.15, -0.1) is 0 Å². The van der Waals surface area contributed by atoms with Gasteiger partial charge in [0.05, 0.1) is 5.02 Å². The first-order valence-corrected chi connectivity index (χ1v) is 11.3. The smallest absolute Gasteiger partial charge is 0.408 e. The molecule has 0 bridgehead atoms. The molecular weight excluding hydrogens is 446 g/mol. The largest absolute Gasteiger partial charge is 0.445 e. The lowest BCUT2D eigenvalue weighted by molar-refractivity contribution is -0.136. The number of rotatable bonds is 6. The molecule has 2 aromatic carbocycles. The van der Waals surface area contributed by atoms with Gasteiger partial charge in [-0.3, -0.25) is 0 Å². The standard InChI is InChI=1S/C25H24ClNO6/c1-2-20(27-25(30)31-14-15-8-4-3-5-9-15)24(29)33-22-13-21-18(12-19(22)26)16-10-6-7-11-17(16)23(28)32-21/h3-5,8-9,12-13,20H,2,6-7,10-11,14H2,1H3,(H,27,30)/t20-/m0/s1. The summed E-state index contributed by atoms with van der Waals surface area (Å²) in [6.45, 7) is 1.81. The highest BCUT2D eigenvalue weighted by Crippen LogP contribution is 2.34. The van der Waals surface area contributed by atoms with Gasteiger partial charge in [-0.05, 0) is 49.3 Å². The van der Waals surface area contributed by atoms with Crippen LogP contribution in [-0.4, -0.2) is 18.1 Å². The van der Waals surface area contributed by atoms with Crippen LogP contribution in [0.25, 0.3) is 11.0 Å². The highest BCUT2D eigenvalue weighted by molar-refractivity contribution is 6.33. The number of benzene rings is 2. The van der Waals surface area contributed by atoms with Crippen molar-refractivity contribution in [3.05, 3.63) is 74.6 Å². The molecule has 0 fully saturated rings. The van der Waals surface area contributed by atoms with E-state index in [1.54, 1.807) is 13.0 Å². The molecule has 0 saturated heterocycles. The zero-order chi connectivity index (χ0) is 23.4. The molecule has 1 atom stereocenters. The topological polar surface area (TPSA) is 94.8 Å². The van der Waals surface area contributed by atoms with Crippen LogP contribution in [0.3, 0.4) is 0 Å². The minimum atomic E-state index is -0.935. The fourth-order valence-electron chi connectivity index (χ4n) is 3.94. The quantitative estimate of drug-likeness (QED) is 0.312. The Morgan fingerprint density at radius 1 is 1.12 bits per heavy atom. The second-order valence-corrected chi connectivity index (χ2v) is 8.33. The molecule has 0 aliphatic heterocycles. The van der Waals surface area contributed by atoms with E-state index in [0.717, 1.165) is 35.8 Å². The van der Waals surface area contributed by atoms with Crippen LogP contribution in [-0.2, 0) is 29.0 Å². The molecule has 1 N–H and O–H groups in total. The minimum Gasteiger partial charge on any atom is -0.445 e. The van der Waals surface area contributed by atoms with Crippen LogP contribution in [0.15, 0.2) is 51.7 Å². The van der Waals surface area contributed by atoms with Gasteiger partial charge in [0.15, 0.2) is 5.75 Å². The number of ether oxygens (including phenoxy) is 2. The molecule has 33 heavy (non-hydrogen) atoms. The first-order valence-electron chi connectivity index (χ1n) is 10.9. The van der Waals surface area contributed by atoms with Crippen LogP contribution in [0.5, 0.6) is 5.75 Å². The van der Waals surface area contributed by atoms with Crippen LogP contribution < -0.4 is 15.7 Å². The monoisotopic (exact) mass is 469 g/mol. The Kier molecular flexibility index (Phi) is 6.99. The number of hydrogen-bond donors (Lipinski definition) is 1. The fraction of sp³-hybridized carbons (Fsp3) is 0.320. The summed E-state index contributed by atoms with van der Waals surface area (Å²) < 4.78 is 16.1. The van der Waals surface area contributed by atoms with Gasteiger partial charge in [0, 0.05) is 17.0 Å². The maximum atomic E-state index is 12.7. The molecule has 1 aliphatic rings. The van der Waals surface area contributed by atoms with Gasteiger partial charge in [-0.1, -0.05) is 48.9 Å². The molecule has 0 saturated carbocycles. The van der Waals surface area contributed by atoms with Crippen molar-refractivity contribution < 1.29 is 23.5 Å². The third kappa shape index (κ3) is 5.20. The highest BCUT2D eigenvalue weighted by Gasteiger charge is 2.24. The molecule has 172 valence electrons. The predicted octanol–water partition coefficient (Wildman–Crippen LogP) is 4.94. The second-order valence-electron chi connectivity index (χ2n) is 7.92. The van der Waals surface area contributed by atoms with Gasteiger partial charge in [-0.25, -0.2) is 14.4 Å². The van der Waals surface area contributed by atoms with E-state index >= 15 is 0 Å². The van der Waals surface area contributed by atoms with E-state index in [2.05, 4.69) is 5.32 Å². The number of amides is 1. The number of hydrogen-bond acceptors (Lipinski definition) is 6. The van der Waals surface area contributed by atoms with E-state index in [9.17, 15) is 14.4 Å². The zero-order valence-electron chi connectivity index (χ0n) is 18.2. The fourth-order valence-corrected chi connectivity index (χ4v) is 4.14. The first-order chi connectivity index (χ1) is 16.0. The third-order valence-electron chi connectivity index (χ3n) is 5.68. The molecule has 3 aromatic rings. The first kappa shape index (κ1) is 22.9. The lowest BCUT2D eigenvalue weighted by Gasteiger charge is -2.18. The van der Waals surface area contributed by atoms with Gasteiger partial charge in [0.25, 0.3) is 0 Å². The van der Waals surface area contributed by atoms with Gasteiger partial charge in [-0.2, -0.15) is 0 Å². The number of esters is 1. The van der Waals surface area contributed by atoms with Crippen LogP contribution in [0.2, 0.25) is 5.02 Å². The van der Waals surface area contributed by atoms with Crippen LogP contribution in [0, 0.1) is 0 Å². The zero-order valence-corrected chi connectivity index (χ0v) is 18.9. The summed E-state index contributed by atoms with van der Waals surface area (Å²) in [5.41, 5.74) is 2.41. The van der Waals surface area contributed by atoms with Gasteiger partial charge in [0.1, 0.15) is 18.2 Å². The molecule has 0 spiro atoms. The Labute approximate surface area is 195 Å². The van der Waals surface area contributed by atoms with Gasteiger partial charge in [0.2, 0.25) is 0 Å². The van der Waals surface area contributed by atoms with E-state index < -0.39 is 18.1 Å². The van der Waals surface area contributed by atoms with Crippen LogP contribution >= 0.6 is 11.6 Å². The average Bonchev–Trinajstić information content (AvgIpc) is 2.83. The summed E-state index contributed by atoms with van der Waals surface area (Å²) >= 11 is 6.39. The van der Waals surface area contributed by atoms with Gasteiger partial charge < -0.3 is 19.2 Å². The number of fused-ring (bicyclic) bond motifs is 3. The number of alkyl carbamates (subject to hydrolysis) is 1. The van der Waals surface area contributed by atoms with Crippen molar-refractivity contribution in [2.45, 2.75) is 51.7 Å². The maximum absolute atomic E-state index is 12.7. The third-order valence-corrected chi connectivity index (χ3v) is 5.98. The molecule has 4 rings (SSSR count). The highest BCUT2D eigenvalue weighted by atomic mass is 35.5. The number of carbonyl (C=O) groups is 2. The molecule has 0 radical (unpaired) electrons. The molecule has 1 amide bonds. The van der Waals surface area contributed by atoms with Crippen molar-refractivity contribution in [3.8, 4) is 5.75 Å². The number of halogens is 1. The summed E-state index contributed by atoms with van der Waals surface area (Å²) in [6.07, 6.45) is 2.96. The number of nitrogens with one attached hydrogen (secondary N) is 1. The van der Waals surface area contributed by atoms with E-state index in [1.807, 2.05) is 30.3 Å². The van der Waals surface area contributed by atoms with Crippen molar-refractivity contribution in [1.82, 2.24) is 5.32 Å². The van der Waals surface area contributed by atoms with Crippen molar-refractivity contribution >= 4 is 34.6 Å². The molecule has 7 nitrogen and oxygen atoms in total. The van der Waals surface area contributed by atoms with Crippen molar-refractivity contribution in [3.63, 3.8) is 0 Å². The van der Waals surface area contributed by atoms with Crippen LogP contribution in [0.4, 0.5) is 4.79 Å². The molecule has 0 unspecified atom stereocenters. The SMILES string of the molecule is CC[C@H](NC(=O)OCc1ccccc1)C(=O)Oc1cc2oc(=O)c3c(c2cc1Cl)CCCC3. The van der Waals surface area contributed by atoms with Crippen molar-refractivity contribution in [2.75, 3.05) is 0 Å². The van der Waals surface area contributed by atoms with E-state index in [4.69, 9.17) is 25.5 Å². The molecule has 1 aromatic heterocycles. The summed E-state index contributed by atoms with van der Waals surface area (Å²) in [6, 6.07) is 11.4.